The van der Waals surface area contributed by atoms with Gasteiger partial charge >= 0.3 is 5.97 Å². The van der Waals surface area contributed by atoms with Crippen LogP contribution in [0.4, 0.5) is 5.82 Å². The largest absolute Gasteiger partial charge is 0.477 e. The van der Waals surface area contributed by atoms with E-state index in [1.165, 1.54) is 10.4 Å². The number of nitrogens with zero attached hydrogens (tertiary/aromatic N) is 2. The van der Waals surface area contributed by atoms with Crippen molar-refractivity contribution >= 4 is 21.8 Å². The maximum atomic E-state index is 11.8. The highest BCUT2D eigenvalue weighted by Gasteiger charge is 2.26. The van der Waals surface area contributed by atoms with Gasteiger partial charge in [-0.1, -0.05) is 6.07 Å². The molecule has 0 spiro atoms. The second kappa shape index (κ2) is 6.40. The van der Waals surface area contributed by atoms with E-state index in [1.54, 1.807) is 19.1 Å². The van der Waals surface area contributed by atoms with Crippen molar-refractivity contribution in [3.8, 4) is 0 Å². The Morgan fingerprint density at radius 1 is 1.43 bits per heavy atom. The van der Waals surface area contributed by atoms with Crippen molar-refractivity contribution in [2.24, 2.45) is 0 Å². The van der Waals surface area contributed by atoms with Crippen molar-refractivity contribution in [3.05, 3.63) is 23.9 Å². The third-order valence-electron chi connectivity index (χ3n) is 3.53. The highest BCUT2D eigenvalue weighted by Crippen LogP contribution is 2.18. The number of rotatable bonds is 5. The Bertz CT molecular complexity index is 610. The van der Waals surface area contributed by atoms with Crippen LogP contribution in [0.15, 0.2) is 18.2 Å². The molecule has 1 saturated heterocycles. The highest BCUT2D eigenvalue weighted by atomic mass is 32.2. The first-order valence-corrected chi connectivity index (χ1v) is 8.48. The van der Waals surface area contributed by atoms with Gasteiger partial charge in [-0.15, -0.1) is 0 Å². The van der Waals surface area contributed by atoms with Gasteiger partial charge in [0.15, 0.2) is 5.69 Å². The number of piperidine rings is 1. The first-order valence-electron chi connectivity index (χ1n) is 6.87. The molecule has 8 heteroatoms. The number of hydrogen-bond donors (Lipinski definition) is 2. The lowest BCUT2D eigenvalue weighted by Crippen LogP contribution is -2.43. The zero-order valence-corrected chi connectivity index (χ0v) is 12.6. The van der Waals surface area contributed by atoms with Gasteiger partial charge in [0, 0.05) is 19.1 Å². The molecular weight excluding hydrogens is 294 g/mol. The molecule has 2 rings (SSSR count). The Hall–Kier alpha value is -1.67. The predicted molar refractivity (Wildman–Crippen MR) is 78.9 cm³/mol. The van der Waals surface area contributed by atoms with Gasteiger partial charge in [0.05, 0.1) is 5.75 Å². The van der Waals surface area contributed by atoms with Crippen molar-refractivity contribution in [1.29, 1.82) is 0 Å². The van der Waals surface area contributed by atoms with E-state index in [1.807, 2.05) is 0 Å². The fourth-order valence-corrected chi connectivity index (χ4v) is 3.44. The summed E-state index contributed by atoms with van der Waals surface area (Å²) in [6.45, 7) is 2.60. The Kier molecular flexibility index (Phi) is 4.79. The predicted octanol–water partition coefficient (Wildman–Crippen LogP) is 1.01. The quantitative estimate of drug-likeness (QED) is 0.841. The van der Waals surface area contributed by atoms with Crippen molar-refractivity contribution in [2.45, 2.75) is 25.8 Å². The van der Waals surface area contributed by atoms with Gasteiger partial charge in [-0.05, 0) is 31.9 Å². The van der Waals surface area contributed by atoms with E-state index in [2.05, 4.69) is 10.3 Å². The summed E-state index contributed by atoms with van der Waals surface area (Å²) in [5.74, 6) is -0.443. The molecule has 0 aliphatic carbocycles. The molecule has 0 radical (unpaired) electrons. The van der Waals surface area contributed by atoms with Gasteiger partial charge in [0.2, 0.25) is 10.0 Å². The van der Waals surface area contributed by atoms with Crippen molar-refractivity contribution in [2.75, 3.05) is 24.2 Å². The monoisotopic (exact) mass is 313 g/mol. The molecular formula is C13H19N3O4S. The highest BCUT2D eigenvalue weighted by molar-refractivity contribution is 7.89. The van der Waals surface area contributed by atoms with Gasteiger partial charge in [-0.3, -0.25) is 0 Å². The van der Waals surface area contributed by atoms with Crippen molar-refractivity contribution in [1.82, 2.24) is 9.29 Å². The van der Waals surface area contributed by atoms with E-state index in [-0.39, 0.29) is 17.5 Å². The van der Waals surface area contributed by atoms with Crippen LogP contribution < -0.4 is 5.32 Å². The number of aromatic nitrogens is 1. The molecule has 0 saturated carbocycles. The summed E-state index contributed by atoms with van der Waals surface area (Å²) < 4.78 is 25.0. The second-order valence-electron chi connectivity index (χ2n) is 4.93. The summed E-state index contributed by atoms with van der Waals surface area (Å²) in [6, 6.07) is 4.88. The molecule has 0 unspecified atom stereocenters. The van der Waals surface area contributed by atoms with Crippen LogP contribution in [0.2, 0.25) is 0 Å². The molecule has 0 amide bonds. The standard InChI is InChI=1S/C13H19N3O4S/c1-2-21(19,20)16-8-6-10(7-9-16)14-12-5-3-4-11(15-12)13(17)18/h3-5,10H,2,6-9H2,1H3,(H,14,15)(H,17,18). The summed E-state index contributed by atoms with van der Waals surface area (Å²) in [5, 5.41) is 12.1. The number of carboxylic acids is 1. The number of aromatic carboxylic acids is 1. The number of carbonyl (C=O) groups is 1. The lowest BCUT2D eigenvalue weighted by Gasteiger charge is -2.31. The van der Waals surface area contributed by atoms with Crippen LogP contribution in [0, 0.1) is 0 Å². The summed E-state index contributed by atoms with van der Waals surface area (Å²) in [6.07, 6.45) is 1.36. The number of nitrogens with one attached hydrogen (secondary N) is 1. The van der Waals surface area contributed by atoms with Gasteiger partial charge in [0.1, 0.15) is 5.82 Å². The molecule has 7 nitrogen and oxygen atoms in total. The minimum atomic E-state index is -3.12. The van der Waals surface area contributed by atoms with E-state index >= 15 is 0 Å². The average Bonchev–Trinajstić information content (AvgIpc) is 2.48. The van der Waals surface area contributed by atoms with Gasteiger partial charge < -0.3 is 10.4 Å². The number of anilines is 1. The fraction of sp³-hybridized carbons (Fsp3) is 0.538. The second-order valence-corrected chi connectivity index (χ2v) is 7.19. The molecule has 2 N–H and O–H groups in total. The molecule has 1 aliphatic heterocycles. The number of sulfonamides is 1. The van der Waals surface area contributed by atoms with E-state index in [9.17, 15) is 13.2 Å². The van der Waals surface area contributed by atoms with Crippen LogP contribution in [-0.2, 0) is 10.0 Å². The molecule has 1 aromatic heterocycles. The fourth-order valence-electron chi connectivity index (χ4n) is 2.30. The zero-order chi connectivity index (χ0) is 15.5. The zero-order valence-electron chi connectivity index (χ0n) is 11.8. The van der Waals surface area contributed by atoms with E-state index < -0.39 is 16.0 Å². The van der Waals surface area contributed by atoms with Crippen LogP contribution in [-0.4, -0.2) is 53.7 Å². The molecule has 0 atom stereocenters. The molecule has 0 bridgehead atoms. The first-order chi connectivity index (χ1) is 9.92. The van der Waals surface area contributed by atoms with Crippen molar-refractivity contribution < 1.29 is 18.3 Å². The minimum Gasteiger partial charge on any atom is -0.477 e. The third-order valence-corrected chi connectivity index (χ3v) is 5.41. The normalized spacial score (nSPS) is 17.6. The SMILES string of the molecule is CCS(=O)(=O)N1CCC(Nc2cccc(C(=O)O)n2)CC1. The van der Waals surface area contributed by atoms with Crippen LogP contribution in [0.25, 0.3) is 0 Å². The molecule has 1 aliphatic rings. The maximum Gasteiger partial charge on any atom is 0.354 e. The third kappa shape index (κ3) is 3.92. The lowest BCUT2D eigenvalue weighted by molar-refractivity contribution is 0.0690. The molecule has 0 aromatic carbocycles. The lowest BCUT2D eigenvalue weighted by atomic mass is 10.1. The number of pyridine rings is 1. The Balaban J connectivity index is 1.95. The molecule has 116 valence electrons. The Morgan fingerprint density at radius 2 is 2.10 bits per heavy atom. The Morgan fingerprint density at radius 3 is 2.67 bits per heavy atom. The summed E-state index contributed by atoms with van der Waals surface area (Å²) >= 11 is 0. The number of carboxylic acid groups (broad SMARTS) is 1. The molecule has 1 aromatic rings. The van der Waals surface area contributed by atoms with Crippen LogP contribution in [0.3, 0.4) is 0 Å². The molecule has 1 fully saturated rings. The van der Waals surface area contributed by atoms with Crippen molar-refractivity contribution in [3.63, 3.8) is 0 Å². The van der Waals surface area contributed by atoms with E-state index in [0.717, 1.165) is 0 Å². The maximum absolute atomic E-state index is 11.8. The summed E-state index contributed by atoms with van der Waals surface area (Å²) in [5.41, 5.74) is -0.00834. The van der Waals surface area contributed by atoms with Crippen LogP contribution in [0.5, 0.6) is 0 Å². The summed E-state index contributed by atoms with van der Waals surface area (Å²) in [7, 11) is -3.12. The molecule has 2 heterocycles. The molecule has 21 heavy (non-hydrogen) atoms. The topological polar surface area (TPSA) is 99.6 Å². The number of hydrogen-bond acceptors (Lipinski definition) is 5. The van der Waals surface area contributed by atoms with Gasteiger partial charge in [-0.2, -0.15) is 0 Å². The van der Waals surface area contributed by atoms with Crippen LogP contribution in [0.1, 0.15) is 30.3 Å². The minimum absolute atomic E-state index is 0.00834. The van der Waals surface area contributed by atoms with E-state index in [4.69, 9.17) is 5.11 Å². The average molecular weight is 313 g/mol. The van der Waals surface area contributed by atoms with Gasteiger partial charge in [0.25, 0.3) is 0 Å². The van der Waals surface area contributed by atoms with E-state index in [0.29, 0.717) is 31.7 Å². The van der Waals surface area contributed by atoms with Crippen LogP contribution >= 0.6 is 0 Å². The summed E-state index contributed by atoms with van der Waals surface area (Å²) in [4.78, 5) is 14.9. The first kappa shape index (κ1) is 15.7. The Labute approximate surface area is 124 Å². The smallest absolute Gasteiger partial charge is 0.354 e. The van der Waals surface area contributed by atoms with Gasteiger partial charge in [-0.25, -0.2) is 22.5 Å².